The van der Waals surface area contributed by atoms with Crippen molar-refractivity contribution in [1.29, 1.82) is 0 Å². The molecule has 0 aliphatic carbocycles. The lowest BCUT2D eigenvalue weighted by Gasteiger charge is -2.31. The summed E-state index contributed by atoms with van der Waals surface area (Å²) in [6, 6.07) is 6.06. The van der Waals surface area contributed by atoms with Gasteiger partial charge in [0.1, 0.15) is 0 Å². The molecule has 3 atom stereocenters. The maximum Gasteiger partial charge on any atom is 0.490 e. The molecule has 3 aliphatic heterocycles. The van der Waals surface area contributed by atoms with Crippen molar-refractivity contribution in [3.63, 3.8) is 0 Å². The average Bonchev–Trinajstić information content (AvgIpc) is 3.11. The Balaban J connectivity index is 0.000000298. The predicted octanol–water partition coefficient (Wildman–Crippen LogP) is 1.93. The summed E-state index contributed by atoms with van der Waals surface area (Å²) in [5, 5.41) is 7.12. The molecule has 0 saturated carbocycles. The highest BCUT2D eigenvalue weighted by Gasteiger charge is 2.43. The summed E-state index contributed by atoms with van der Waals surface area (Å²) in [5.41, 5.74) is 1.12. The number of halogens is 3. The summed E-state index contributed by atoms with van der Waals surface area (Å²) in [4.78, 5) is 29.7. The Bertz CT molecular complexity index is 698. The highest BCUT2D eigenvalue weighted by Crippen LogP contribution is 2.35. The Kier molecular flexibility index (Phi) is 6.74. The van der Waals surface area contributed by atoms with Crippen LogP contribution < -0.4 is 0 Å². The van der Waals surface area contributed by atoms with E-state index >= 15 is 0 Å². The molecule has 0 bridgehead atoms. The SMILES string of the molecule is O=C(C[C@@H]1C[C@H]2CN(Cc3ccccn3)C[C@H]2O1)N1CCC1.O=C(O)C(F)(F)F. The van der Waals surface area contributed by atoms with Crippen LogP contribution in [-0.4, -0.2) is 76.3 Å². The van der Waals surface area contributed by atoms with E-state index in [1.54, 1.807) is 0 Å². The molecule has 160 valence electrons. The van der Waals surface area contributed by atoms with Crippen LogP contribution in [0.1, 0.15) is 25.0 Å². The van der Waals surface area contributed by atoms with Crippen LogP contribution in [0.5, 0.6) is 0 Å². The molecule has 1 N–H and O–H groups in total. The van der Waals surface area contributed by atoms with E-state index in [0.717, 1.165) is 51.3 Å². The van der Waals surface area contributed by atoms with Crippen LogP contribution in [0.2, 0.25) is 0 Å². The number of nitrogens with zero attached hydrogens (tertiary/aromatic N) is 3. The van der Waals surface area contributed by atoms with Crippen LogP contribution in [0.3, 0.4) is 0 Å². The van der Waals surface area contributed by atoms with Gasteiger partial charge in [-0.1, -0.05) is 6.07 Å². The van der Waals surface area contributed by atoms with Gasteiger partial charge in [-0.2, -0.15) is 13.2 Å². The van der Waals surface area contributed by atoms with Crippen molar-refractivity contribution < 1.29 is 32.6 Å². The lowest BCUT2D eigenvalue weighted by Crippen LogP contribution is -2.43. The molecule has 29 heavy (non-hydrogen) atoms. The number of hydrogen-bond acceptors (Lipinski definition) is 5. The van der Waals surface area contributed by atoms with Crippen molar-refractivity contribution in [1.82, 2.24) is 14.8 Å². The zero-order valence-corrected chi connectivity index (χ0v) is 15.8. The fourth-order valence-corrected chi connectivity index (χ4v) is 3.82. The molecule has 1 aromatic heterocycles. The Morgan fingerprint density at radius 3 is 2.48 bits per heavy atom. The Hall–Kier alpha value is -2.20. The predicted molar refractivity (Wildman–Crippen MR) is 95.8 cm³/mol. The second kappa shape index (κ2) is 9.08. The van der Waals surface area contributed by atoms with E-state index in [0.29, 0.717) is 18.4 Å². The molecular formula is C19H24F3N3O4. The molecule has 4 heterocycles. The molecule has 3 fully saturated rings. The third kappa shape index (κ3) is 5.89. The van der Waals surface area contributed by atoms with Gasteiger partial charge < -0.3 is 14.7 Å². The van der Waals surface area contributed by atoms with E-state index in [9.17, 15) is 18.0 Å². The minimum atomic E-state index is -5.08. The summed E-state index contributed by atoms with van der Waals surface area (Å²) in [5.74, 6) is -1.90. The molecule has 0 radical (unpaired) electrons. The van der Waals surface area contributed by atoms with Gasteiger partial charge in [0.15, 0.2) is 0 Å². The number of alkyl halides is 3. The molecule has 3 aliphatic rings. The van der Waals surface area contributed by atoms with Crippen LogP contribution in [0.15, 0.2) is 24.4 Å². The number of carbonyl (C=O) groups is 2. The maximum atomic E-state index is 12.0. The van der Waals surface area contributed by atoms with Gasteiger partial charge in [-0.3, -0.25) is 14.7 Å². The number of ether oxygens (including phenoxy) is 1. The van der Waals surface area contributed by atoms with Gasteiger partial charge >= 0.3 is 12.1 Å². The monoisotopic (exact) mass is 415 g/mol. The van der Waals surface area contributed by atoms with Crippen LogP contribution in [0.25, 0.3) is 0 Å². The van der Waals surface area contributed by atoms with Gasteiger partial charge in [-0.15, -0.1) is 0 Å². The summed E-state index contributed by atoms with van der Waals surface area (Å²) in [7, 11) is 0. The minimum Gasteiger partial charge on any atom is -0.475 e. The molecule has 3 saturated heterocycles. The van der Waals surface area contributed by atoms with E-state index in [1.165, 1.54) is 0 Å². The standard InChI is InChI=1S/C17H23N3O2.C2HF3O2/c21-17(20-6-3-7-20)9-15-8-13-10-19(12-16(13)22-15)11-14-4-1-2-5-18-14;3-2(4,5)1(6)7/h1-2,4-5,13,15-16H,3,6-12H2;(H,6,7)/t13-,15-,16+;/m0./s1. The summed E-state index contributed by atoms with van der Waals surface area (Å²) in [6.07, 6.45) is -0.0283. The highest BCUT2D eigenvalue weighted by atomic mass is 19.4. The number of carbonyl (C=O) groups excluding carboxylic acids is 1. The number of pyridine rings is 1. The fourth-order valence-electron chi connectivity index (χ4n) is 3.82. The molecule has 0 spiro atoms. The molecule has 0 aromatic carbocycles. The Morgan fingerprint density at radius 1 is 1.24 bits per heavy atom. The largest absolute Gasteiger partial charge is 0.490 e. The number of hydrogen-bond donors (Lipinski definition) is 1. The van der Waals surface area contributed by atoms with E-state index in [4.69, 9.17) is 14.6 Å². The van der Waals surface area contributed by atoms with Gasteiger partial charge in [-0.25, -0.2) is 4.79 Å². The molecular weight excluding hydrogens is 391 g/mol. The smallest absolute Gasteiger partial charge is 0.475 e. The van der Waals surface area contributed by atoms with Crippen molar-refractivity contribution >= 4 is 11.9 Å². The maximum absolute atomic E-state index is 12.0. The Labute approximate surface area is 166 Å². The van der Waals surface area contributed by atoms with Gasteiger partial charge in [0.25, 0.3) is 0 Å². The second-order valence-electron chi connectivity index (χ2n) is 7.55. The molecule has 1 amide bonds. The first-order valence-electron chi connectivity index (χ1n) is 9.58. The Morgan fingerprint density at radius 2 is 1.97 bits per heavy atom. The zero-order valence-electron chi connectivity index (χ0n) is 15.8. The molecule has 4 rings (SSSR count). The summed E-state index contributed by atoms with van der Waals surface area (Å²) in [6.45, 7) is 4.81. The third-order valence-electron chi connectivity index (χ3n) is 5.35. The first-order valence-corrected chi connectivity index (χ1v) is 9.58. The van der Waals surface area contributed by atoms with Crippen LogP contribution in [-0.2, 0) is 20.9 Å². The van der Waals surface area contributed by atoms with Crippen LogP contribution in [0, 0.1) is 5.92 Å². The van der Waals surface area contributed by atoms with Gasteiger partial charge in [0, 0.05) is 44.8 Å². The number of rotatable bonds is 4. The van der Waals surface area contributed by atoms with Crippen LogP contribution >= 0.6 is 0 Å². The third-order valence-corrected chi connectivity index (χ3v) is 5.35. The van der Waals surface area contributed by atoms with Crippen molar-refractivity contribution in [2.75, 3.05) is 26.2 Å². The number of aliphatic carboxylic acids is 1. The first kappa shape index (κ1) is 21.5. The molecule has 0 unspecified atom stereocenters. The number of carboxylic acids is 1. The lowest BCUT2D eigenvalue weighted by molar-refractivity contribution is -0.192. The van der Waals surface area contributed by atoms with E-state index in [1.807, 2.05) is 23.2 Å². The molecule has 1 aromatic rings. The van der Waals surface area contributed by atoms with Crippen molar-refractivity contribution in [2.45, 2.75) is 44.2 Å². The van der Waals surface area contributed by atoms with Crippen molar-refractivity contribution in [3.05, 3.63) is 30.1 Å². The normalized spacial score (nSPS) is 26.3. The van der Waals surface area contributed by atoms with E-state index in [-0.39, 0.29) is 12.0 Å². The lowest BCUT2D eigenvalue weighted by atomic mass is 10.0. The fraction of sp³-hybridized carbons (Fsp3) is 0.632. The average molecular weight is 415 g/mol. The van der Waals surface area contributed by atoms with E-state index < -0.39 is 12.1 Å². The number of carboxylic acid groups (broad SMARTS) is 1. The number of likely N-dealkylation sites (tertiary alicyclic amines) is 2. The summed E-state index contributed by atoms with van der Waals surface area (Å²) >= 11 is 0. The number of amides is 1. The topological polar surface area (TPSA) is 83.0 Å². The minimum absolute atomic E-state index is 0.139. The second-order valence-corrected chi connectivity index (χ2v) is 7.55. The quantitative estimate of drug-likeness (QED) is 0.809. The van der Waals surface area contributed by atoms with Crippen molar-refractivity contribution in [3.8, 4) is 0 Å². The van der Waals surface area contributed by atoms with Crippen LogP contribution in [0.4, 0.5) is 13.2 Å². The summed E-state index contributed by atoms with van der Waals surface area (Å²) < 4.78 is 37.9. The highest BCUT2D eigenvalue weighted by molar-refractivity contribution is 5.77. The van der Waals surface area contributed by atoms with Gasteiger partial charge in [0.05, 0.1) is 24.3 Å². The number of fused-ring (bicyclic) bond motifs is 1. The number of aromatic nitrogens is 1. The van der Waals surface area contributed by atoms with Crippen molar-refractivity contribution in [2.24, 2.45) is 5.92 Å². The molecule has 7 nitrogen and oxygen atoms in total. The van der Waals surface area contributed by atoms with Gasteiger partial charge in [0.2, 0.25) is 5.91 Å². The first-order chi connectivity index (χ1) is 13.7. The van der Waals surface area contributed by atoms with E-state index in [2.05, 4.69) is 16.0 Å². The zero-order chi connectivity index (χ0) is 21.0. The van der Waals surface area contributed by atoms with Gasteiger partial charge in [-0.05, 0) is 25.0 Å². The molecule has 10 heteroatoms.